The predicted octanol–water partition coefficient (Wildman–Crippen LogP) is 4.67. The number of ether oxygens (including phenoxy) is 1. The molecule has 0 spiro atoms. The first-order valence-corrected chi connectivity index (χ1v) is 7.16. The van der Waals surface area contributed by atoms with Crippen LogP contribution < -0.4 is 4.74 Å². The highest BCUT2D eigenvalue weighted by molar-refractivity contribution is 9.10. The van der Waals surface area contributed by atoms with Gasteiger partial charge in [-0.05, 0) is 65.2 Å². The lowest BCUT2D eigenvalue weighted by Crippen LogP contribution is -2.28. The van der Waals surface area contributed by atoms with Crippen molar-refractivity contribution in [2.24, 2.45) is 5.41 Å². The summed E-state index contributed by atoms with van der Waals surface area (Å²) in [5.41, 5.74) is 1.11. The van der Waals surface area contributed by atoms with E-state index in [4.69, 9.17) is 10.00 Å². The number of benzene rings is 1. The van der Waals surface area contributed by atoms with Gasteiger partial charge in [0, 0.05) is 0 Å². The van der Waals surface area contributed by atoms with Crippen molar-refractivity contribution in [2.45, 2.75) is 45.6 Å². The van der Waals surface area contributed by atoms with E-state index < -0.39 is 0 Å². The molecule has 1 fully saturated rings. The van der Waals surface area contributed by atoms with Crippen LogP contribution in [0.3, 0.4) is 0 Å². The molecule has 0 N–H and O–H groups in total. The van der Waals surface area contributed by atoms with E-state index in [0.717, 1.165) is 23.1 Å². The van der Waals surface area contributed by atoms with Crippen LogP contribution in [-0.4, -0.2) is 6.10 Å². The summed E-state index contributed by atoms with van der Waals surface area (Å²) in [4.78, 5) is 0. The van der Waals surface area contributed by atoms with Gasteiger partial charge in [-0.15, -0.1) is 0 Å². The maximum Gasteiger partial charge on any atom is 0.133 e. The average molecular weight is 308 g/mol. The van der Waals surface area contributed by atoms with Crippen molar-refractivity contribution in [3.8, 4) is 11.8 Å². The van der Waals surface area contributed by atoms with E-state index >= 15 is 0 Å². The van der Waals surface area contributed by atoms with Crippen LogP contribution in [0.15, 0.2) is 22.7 Å². The molecule has 1 aromatic rings. The van der Waals surface area contributed by atoms with E-state index in [1.54, 1.807) is 6.07 Å². The Kier molecular flexibility index (Phi) is 3.97. The lowest BCUT2D eigenvalue weighted by Gasteiger charge is -2.34. The zero-order valence-corrected chi connectivity index (χ0v) is 12.5. The molecule has 0 aliphatic heterocycles. The van der Waals surface area contributed by atoms with Gasteiger partial charge in [0.25, 0.3) is 0 Å². The first kappa shape index (κ1) is 13.4. The van der Waals surface area contributed by atoms with E-state index in [2.05, 4.69) is 35.8 Å². The molecular weight excluding hydrogens is 290 g/mol. The van der Waals surface area contributed by atoms with Crippen LogP contribution >= 0.6 is 15.9 Å². The van der Waals surface area contributed by atoms with E-state index in [1.165, 1.54) is 12.8 Å². The standard InChI is InChI=1S/C15H18BrNO/c1-15(2)7-5-12(6-8-15)18-14-4-3-11(10-17)9-13(14)16/h3-4,9,12H,5-8H2,1-2H3. The molecule has 18 heavy (non-hydrogen) atoms. The second-order valence-electron chi connectivity index (χ2n) is 5.74. The summed E-state index contributed by atoms with van der Waals surface area (Å²) in [6, 6.07) is 7.61. The molecule has 0 radical (unpaired) electrons. The van der Waals surface area contributed by atoms with Gasteiger partial charge < -0.3 is 4.74 Å². The third-order valence-corrected chi connectivity index (χ3v) is 4.26. The fourth-order valence-electron chi connectivity index (χ4n) is 2.34. The highest BCUT2D eigenvalue weighted by atomic mass is 79.9. The molecule has 96 valence electrons. The summed E-state index contributed by atoms with van der Waals surface area (Å²) in [6.07, 6.45) is 4.96. The highest BCUT2D eigenvalue weighted by Gasteiger charge is 2.28. The molecule has 0 aromatic heterocycles. The van der Waals surface area contributed by atoms with Gasteiger partial charge in [0.05, 0.1) is 22.2 Å². The number of hydrogen-bond donors (Lipinski definition) is 0. The summed E-state index contributed by atoms with van der Waals surface area (Å²) in [6.45, 7) is 4.64. The summed E-state index contributed by atoms with van der Waals surface area (Å²) >= 11 is 3.46. The number of nitrogens with zero attached hydrogens (tertiary/aromatic N) is 1. The van der Waals surface area contributed by atoms with Crippen LogP contribution in [0.1, 0.15) is 45.1 Å². The molecule has 1 aliphatic rings. The molecule has 0 atom stereocenters. The van der Waals surface area contributed by atoms with E-state index in [-0.39, 0.29) is 0 Å². The molecule has 0 saturated heterocycles. The van der Waals surface area contributed by atoms with Crippen LogP contribution in [0.2, 0.25) is 0 Å². The highest BCUT2D eigenvalue weighted by Crippen LogP contribution is 2.37. The molecule has 1 aromatic carbocycles. The Labute approximate surface area is 117 Å². The SMILES string of the molecule is CC1(C)CCC(Oc2ccc(C#N)cc2Br)CC1. The lowest BCUT2D eigenvalue weighted by atomic mass is 9.76. The average Bonchev–Trinajstić information content (AvgIpc) is 2.34. The Bertz CT molecular complexity index is 466. The van der Waals surface area contributed by atoms with Crippen molar-refractivity contribution < 1.29 is 4.74 Å². The van der Waals surface area contributed by atoms with Gasteiger partial charge >= 0.3 is 0 Å². The van der Waals surface area contributed by atoms with E-state index in [9.17, 15) is 0 Å². The second-order valence-corrected chi connectivity index (χ2v) is 6.59. The molecule has 2 nitrogen and oxygen atoms in total. The fourth-order valence-corrected chi connectivity index (χ4v) is 2.81. The normalized spacial score (nSPS) is 19.2. The molecule has 1 saturated carbocycles. The topological polar surface area (TPSA) is 33.0 Å². The second kappa shape index (κ2) is 5.32. The molecule has 1 aliphatic carbocycles. The van der Waals surface area contributed by atoms with Crippen molar-refractivity contribution in [2.75, 3.05) is 0 Å². The molecule has 0 heterocycles. The summed E-state index contributed by atoms with van der Waals surface area (Å²) in [7, 11) is 0. The minimum absolute atomic E-state index is 0.308. The van der Waals surface area contributed by atoms with Gasteiger partial charge in [0.2, 0.25) is 0 Å². The van der Waals surface area contributed by atoms with Gasteiger partial charge in [0.15, 0.2) is 0 Å². The van der Waals surface area contributed by atoms with Crippen molar-refractivity contribution >= 4 is 15.9 Å². The van der Waals surface area contributed by atoms with E-state index in [1.807, 2.05) is 12.1 Å². The summed E-state index contributed by atoms with van der Waals surface area (Å²) < 4.78 is 6.89. The number of rotatable bonds is 2. The van der Waals surface area contributed by atoms with Gasteiger partial charge in [0.1, 0.15) is 5.75 Å². The van der Waals surface area contributed by atoms with Crippen molar-refractivity contribution in [3.63, 3.8) is 0 Å². The number of hydrogen-bond acceptors (Lipinski definition) is 2. The molecule has 0 unspecified atom stereocenters. The maximum atomic E-state index is 8.82. The Morgan fingerprint density at radius 1 is 1.33 bits per heavy atom. The summed E-state index contributed by atoms with van der Waals surface area (Å²) in [5, 5.41) is 8.82. The minimum atomic E-state index is 0.308. The molecule has 0 amide bonds. The summed E-state index contributed by atoms with van der Waals surface area (Å²) in [5.74, 6) is 0.846. The van der Waals surface area contributed by atoms with Crippen molar-refractivity contribution in [1.29, 1.82) is 5.26 Å². The largest absolute Gasteiger partial charge is 0.489 e. The number of nitriles is 1. The Morgan fingerprint density at radius 3 is 2.56 bits per heavy atom. The minimum Gasteiger partial charge on any atom is -0.489 e. The molecule has 2 rings (SSSR count). The van der Waals surface area contributed by atoms with Crippen molar-refractivity contribution in [3.05, 3.63) is 28.2 Å². The smallest absolute Gasteiger partial charge is 0.133 e. The molecule has 0 bridgehead atoms. The third-order valence-electron chi connectivity index (χ3n) is 3.64. The quantitative estimate of drug-likeness (QED) is 0.795. The van der Waals surface area contributed by atoms with Crippen LogP contribution in [0.5, 0.6) is 5.75 Å². The Balaban J connectivity index is 2.01. The van der Waals surface area contributed by atoms with E-state index in [0.29, 0.717) is 17.1 Å². The third kappa shape index (κ3) is 3.26. The van der Waals surface area contributed by atoms with Crippen LogP contribution in [0.25, 0.3) is 0 Å². The first-order valence-electron chi connectivity index (χ1n) is 6.36. The Hall–Kier alpha value is -1.01. The van der Waals surface area contributed by atoms with Crippen LogP contribution in [0, 0.1) is 16.7 Å². The van der Waals surface area contributed by atoms with Gasteiger partial charge in [-0.1, -0.05) is 13.8 Å². The van der Waals surface area contributed by atoms with Crippen LogP contribution in [0.4, 0.5) is 0 Å². The van der Waals surface area contributed by atoms with Crippen molar-refractivity contribution in [1.82, 2.24) is 0 Å². The van der Waals surface area contributed by atoms with Gasteiger partial charge in [-0.3, -0.25) is 0 Å². The first-order chi connectivity index (χ1) is 8.50. The van der Waals surface area contributed by atoms with Gasteiger partial charge in [-0.2, -0.15) is 5.26 Å². The zero-order chi connectivity index (χ0) is 13.2. The number of halogens is 1. The Morgan fingerprint density at radius 2 is 2.00 bits per heavy atom. The van der Waals surface area contributed by atoms with Gasteiger partial charge in [-0.25, -0.2) is 0 Å². The molecular formula is C15H18BrNO. The maximum absolute atomic E-state index is 8.82. The zero-order valence-electron chi connectivity index (χ0n) is 10.9. The predicted molar refractivity (Wildman–Crippen MR) is 75.5 cm³/mol. The lowest BCUT2D eigenvalue weighted by molar-refractivity contribution is 0.0981. The fraction of sp³-hybridized carbons (Fsp3) is 0.533. The van der Waals surface area contributed by atoms with Crippen LogP contribution in [-0.2, 0) is 0 Å². The molecule has 3 heteroatoms. The monoisotopic (exact) mass is 307 g/mol.